The highest BCUT2D eigenvalue weighted by Gasteiger charge is 2.30. The van der Waals surface area contributed by atoms with Crippen molar-refractivity contribution in [2.45, 2.75) is 25.7 Å². The van der Waals surface area contributed by atoms with Gasteiger partial charge in [0.25, 0.3) is 0 Å². The smallest absolute Gasteiger partial charge is 0.228 e. The van der Waals surface area contributed by atoms with Gasteiger partial charge in [-0.15, -0.1) is 5.10 Å². The van der Waals surface area contributed by atoms with Crippen LogP contribution in [0.1, 0.15) is 30.3 Å². The SMILES string of the molecule is Cc1ccc(-c2nc(NC(=O)C3CC3)cc3nc(C4COC4)nn23)o1. The predicted molar refractivity (Wildman–Crippen MR) is 88.1 cm³/mol. The third-order valence-electron chi connectivity index (χ3n) is 4.50. The lowest BCUT2D eigenvalue weighted by molar-refractivity contribution is -0.117. The number of ether oxygens (including phenoxy) is 1. The first-order chi connectivity index (χ1) is 12.2. The average molecular weight is 339 g/mol. The monoisotopic (exact) mass is 339 g/mol. The number of aryl methyl sites for hydroxylation is 1. The van der Waals surface area contributed by atoms with E-state index in [0.717, 1.165) is 24.4 Å². The zero-order valence-corrected chi connectivity index (χ0v) is 13.7. The maximum absolute atomic E-state index is 12.1. The quantitative estimate of drug-likeness (QED) is 0.783. The molecule has 128 valence electrons. The van der Waals surface area contributed by atoms with Crippen LogP contribution < -0.4 is 5.32 Å². The minimum absolute atomic E-state index is 0.00515. The summed E-state index contributed by atoms with van der Waals surface area (Å²) < 4.78 is 12.6. The third kappa shape index (κ3) is 2.58. The summed E-state index contributed by atoms with van der Waals surface area (Å²) >= 11 is 0. The van der Waals surface area contributed by atoms with E-state index in [1.807, 2.05) is 19.1 Å². The Morgan fingerprint density at radius 3 is 2.76 bits per heavy atom. The molecule has 2 fully saturated rings. The summed E-state index contributed by atoms with van der Waals surface area (Å²) in [6.07, 6.45) is 1.88. The predicted octanol–water partition coefficient (Wildman–Crippen LogP) is 2.16. The molecule has 1 amide bonds. The van der Waals surface area contributed by atoms with E-state index in [1.54, 1.807) is 10.6 Å². The molecule has 8 nitrogen and oxygen atoms in total. The van der Waals surface area contributed by atoms with Crippen LogP contribution in [0.5, 0.6) is 0 Å². The molecule has 0 atom stereocenters. The minimum Gasteiger partial charge on any atom is -0.458 e. The standard InChI is InChI=1S/C17H17N5O3/c1-9-2-5-12(25-9)16-18-13(19-17(23)10-3-4-10)6-14-20-15(21-22(14)16)11-7-24-8-11/h2,5-6,10-11H,3-4,7-8H2,1H3,(H,19,23). The van der Waals surface area contributed by atoms with E-state index < -0.39 is 0 Å². The van der Waals surface area contributed by atoms with Crippen LogP contribution in [0.2, 0.25) is 0 Å². The van der Waals surface area contributed by atoms with E-state index in [4.69, 9.17) is 9.15 Å². The molecule has 25 heavy (non-hydrogen) atoms. The van der Waals surface area contributed by atoms with E-state index >= 15 is 0 Å². The Balaban J connectivity index is 1.61. The van der Waals surface area contributed by atoms with Crippen LogP contribution in [-0.2, 0) is 9.53 Å². The third-order valence-corrected chi connectivity index (χ3v) is 4.50. The molecule has 1 aliphatic heterocycles. The van der Waals surface area contributed by atoms with Gasteiger partial charge in [0.05, 0.1) is 19.1 Å². The van der Waals surface area contributed by atoms with Gasteiger partial charge in [-0.3, -0.25) is 4.79 Å². The minimum atomic E-state index is 0.00515. The number of nitrogens with zero attached hydrogens (tertiary/aromatic N) is 4. The van der Waals surface area contributed by atoms with Crippen LogP contribution in [-0.4, -0.2) is 38.7 Å². The normalized spacial score (nSPS) is 17.6. The summed E-state index contributed by atoms with van der Waals surface area (Å²) in [7, 11) is 0. The van der Waals surface area contributed by atoms with Gasteiger partial charge in [0.1, 0.15) is 11.6 Å². The van der Waals surface area contributed by atoms with Crippen LogP contribution in [0.3, 0.4) is 0 Å². The summed E-state index contributed by atoms with van der Waals surface area (Å²) in [5, 5.41) is 7.46. The van der Waals surface area contributed by atoms with Gasteiger partial charge >= 0.3 is 0 Å². The Labute approximate surface area is 143 Å². The molecule has 0 bridgehead atoms. The van der Waals surface area contributed by atoms with Crippen molar-refractivity contribution in [1.29, 1.82) is 0 Å². The van der Waals surface area contributed by atoms with Crippen molar-refractivity contribution in [2.75, 3.05) is 18.5 Å². The molecule has 5 rings (SSSR count). The molecular weight excluding hydrogens is 322 g/mol. The van der Waals surface area contributed by atoms with Crippen molar-refractivity contribution in [3.8, 4) is 11.6 Å². The van der Waals surface area contributed by atoms with Crippen molar-refractivity contribution in [2.24, 2.45) is 5.92 Å². The molecular formula is C17H17N5O3. The number of amides is 1. The molecule has 8 heteroatoms. The van der Waals surface area contributed by atoms with Gasteiger partial charge in [-0.25, -0.2) is 9.97 Å². The van der Waals surface area contributed by atoms with E-state index in [1.165, 1.54) is 0 Å². The summed E-state index contributed by atoms with van der Waals surface area (Å²) in [5.74, 6) is 3.40. The Morgan fingerprint density at radius 2 is 2.12 bits per heavy atom. The Hall–Kier alpha value is -2.74. The highest BCUT2D eigenvalue weighted by Crippen LogP contribution is 2.31. The van der Waals surface area contributed by atoms with Crippen LogP contribution in [0.15, 0.2) is 22.6 Å². The fourth-order valence-corrected chi connectivity index (χ4v) is 2.82. The molecule has 1 saturated carbocycles. The lowest BCUT2D eigenvalue weighted by Gasteiger charge is -2.22. The molecule has 1 N–H and O–H groups in total. The van der Waals surface area contributed by atoms with E-state index in [0.29, 0.717) is 36.3 Å². The van der Waals surface area contributed by atoms with Crippen molar-refractivity contribution < 1.29 is 13.9 Å². The topological polar surface area (TPSA) is 94.5 Å². The highest BCUT2D eigenvalue weighted by molar-refractivity contribution is 5.93. The largest absolute Gasteiger partial charge is 0.458 e. The van der Waals surface area contributed by atoms with Gasteiger partial charge in [-0.1, -0.05) is 0 Å². The summed E-state index contributed by atoms with van der Waals surface area (Å²) in [4.78, 5) is 21.2. The van der Waals surface area contributed by atoms with Crippen molar-refractivity contribution in [3.05, 3.63) is 29.8 Å². The van der Waals surface area contributed by atoms with Gasteiger partial charge in [-0.05, 0) is 31.9 Å². The highest BCUT2D eigenvalue weighted by atomic mass is 16.5. The number of nitrogens with one attached hydrogen (secondary N) is 1. The van der Waals surface area contributed by atoms with Crippen LogP contribution in [0.4, 0.5) is 5.82 Å². The van der Waals surface area contributed by atoms with Gasteiger partial charge in [0.15, 0.2) is 17.2 Å². The average Bonchev–Trinajstić information content (AvgIpc) is 3.18. The second-order valence-electron chi connectivity index (χ2n) is 6.61. The molecule has 3 aromatic rings. The molecule has 3 aromatic heterocycles. The van der Waals surface area contributed by atoms with Gasteiger partial charge in [0.2, 0.25) is 11.7 Å². The van der Waals surface area contributed by atoms with Crippen molar-refractivity contribution in [3.63, 3.8) is 0 Å². The molecule has 1 aliphatic carbocycles. The molecule has 0 spiro atoms. The Bertz CT molecular complexity index is 968. The van der Waals surface area contributed by atoms with E-state index in [-0.39, 0.29) is 17.7 Å². The summed E-state index contributed by atoms with van der Waals surface area (Å²) in [6.45, 7) is 3.13. The Morgan fingerprint density at radius 1 is 1.28 bits per heavy atom. The summed E-state index contributed by atoms with van der Waals surface area (Å²) in [6, 6.07) is 5.46. The maximum Gasteiger partial charge on any atom is 0.228 e. The summed E-state index contributed by atoms with van der Waals surface area (Å²) in [5.41, 5.74) is 0.632. The van der Waals surface area contributed by atoms with Gasteiger partial charge in [-0.2, -0.15) is 4.52 Å². The molecule has 0 aromatic carbocycles. The zero-order valence-electron chi connectivity index (χ0n) is 13.7. The lowest BCUT2D eigenvalue weighted by Crippen LogP contribution is -2.26. The number of fused-ring (bicyclic) bond motifs is 1. The van der Waals surface area contributed by atoms with Crippen molar-refractivity contribution >= 4 is 17.4 Å². The number of rotatable bonds is 4. The number of hydrogen-bond donors (Lipinski definition) is 1. The molecule has 4 heterocycles. The second kappa shape index (κ2) is 5.38. The number of furan rings is 1. The number of carbonyl (C=O) groups excluding carboxylic acids is 1. The lowest BCUT2D eigenvalue weighted by atomic mass is 10.1. The second-order valence-corrected chi connectivity index (χ2v) is 6.61. The molecule has 1 saturated heterocycles. The van der Waals surface area contributed by atoms with Crippen molar-refractivity contribution in [1.82, 2.24) is 19.6 Å². The fraction of sp³-hybridized carbons (Fsp3) is 0.412. The fourth-order valence-electron chi connectivity index (χ4n) is 2.82. The first-order valence-corrected chi connectivity index (χ1v) is 8.40. The number of anilines is 1. The molecule has 2 aliphatic rings. The van der Waals surface area contributed by atoms with E-state index in [9.17, 15) is 4.79 Å². The number of carbonyl (C=O) groups is 1. The van der Waals surface area contributed by atoms with Crippen LogP contribution in [0.25, 0.3) is 17.2 Å². The first-order valence-electron chi connectivity index (χ1n) is 8.40. The molecule has 0 unspecified atom stereocenters. The van der Waals surface area contributed by atoms with Crippen LogP contribution >= 0.6 is 0 Å². The van der Waals surface area contributed by atoms with E-state index in [2.05, 4.69) is 20.4 Å². The molecule has 0 radical (unpaired) electrons. The van der Waals surface area contributed by atoms with Gasteiger partial charge < -0.3 is 14.5 Å². The number of aromatic nitrogens is 4. The zero-order chi connectivity index (χ0) is 17.0. The maximum atomic E-state index is 12.1. The first kappa shape index (κ1) is 14.6. The van der Waals surface area contributed by atoms with Gasteiger partial charge in [0, 0.05) is 12.0 Å². The van der Waals surface area contributed by atoms with Crippen LogP contribution in [0, 0.1) is 12.8 Å². The Kier molecular flexibility index (Phi) is 3.14. The number of hydrogen-bond acceptors (Lipinski definition) is 6.